The quantitative estimate of drug-likeness (QED) is 0.492. The third-order valence-corrected chi connectivity index (χ3v) is 1.71. The van der Waals surface area contributed by atoms with Crippen molar-refractivity contribution in [2.45, 2.75) is 0 Å². The summed E-state index contributed by atoms with van der Waals surface area (Å²) in [5, 5.41) is 0. The van der Waals surface area contributed by atoms with Crippen molar-refractivity contribution in [3.05, 3.63) is 48.1 Å². The van der Waals surface area contributed by atoms with Crippen molar-refractivity contribution in [2.24, 2.45) is 5.92 Å². The Morgan fingerprint density at radius 1 is 1.00 bits per heavy atom. The second kappa shape index (κ2) is 1.73. The van der Waals surface area contributed by atoms with Crippen LogP contribution in [0.4, 0.5) is 0 Å². The lowest BCUT2D eigenvalue weighted by Crippen LogP contribution is -1.95. The van der Waals surface area contributed by atoms with Crippen molar-refractivity contribution < 1.29 is 0 Å². The van der Waals surface area contributed by atoms with E-state index >= 15 is 0 Å². The molecule has 0 spiro atoms. The molecule has 0 N–H and O–H groups in total. The van der Waals surface area contributed by atoms with Crippen molar-refractivity contribution in [1.29, 1.82) is 0 Å². The maximum Gasteiger partial charge on any atom is 0.0204 e. The molecule has 0 heterocycles. The molecular weight excluding hydrogens is 108 g/mol. The fraction of sp³-hybridized carbons (Fsp3) is 0.111. The molecule has 44 valence electrons. The highest BCUT2D eigenvalue weighted by Crippen LogP contribution is 2.24. The monoisotopic (exact) mass is 116 g/mol. The first-order valence-electron chi connectivity index (χ1n) is 3.20. The van der Waals surface area contributed by atoms with E-state index < -0.39 is 0 Å². The number of hydrogen-bond acceptors (Lipinski definition) is 0. The Morgan fingerprint density at radius 3 is 2.11 bits per heavy atom. The Bertz CT molecular complexity index is 214. The molecule has 0 bridgehead atoms. The van der Waals surface area contributed by atoms with Crippen molar-refractivity contribution >= 4 is 0 Å². The molecule has 0 amide bonds. The molecule has 0 aromatic rings. The zero-order chi connectivity index (χ0) is 6.10. The van der Waals surface area contributed by atoms with E-state index in [2.05, 4.69) is 42.5 Å². The molecular formula is C9H8. The first kappa shape index (κ1) is 4.80. The van der Waals surface area contributed by atoms with Gasteiger partial charge in [0.2, 0.25) is 0 Å². The lowest BCUT2D eigenvalue weighted by atomic mass is 9.95. The van der Waals surface area contributed by atoms with E-state index in [4.69, 9.17) is 0 Å². The van der Waals surface area contributed by atoms with Crippen LogP contribution in [-0.4, -0.2) is 0 Å². The van der Waals surface area contributed by atoms with Gasteiger partial charge in [-0.05, 0) is 5.57 Å². The van der Waals surface area contributed by atoms with Gasteiger partial charge in [-0.3, -0.25) is 0 Å². The molecule has 0 aromatic heterocycles. The van der Waals surface area contributed by atoms with Crippen LogP contribution in [0.5, 0.6) is 0 Å². The van der Waals surface area contributed by atoms with Crippen LogP contribution in [-0.2, 0) is 0 Å². The van der Waals surface area contributed by atoms with E-state index in [0.717, 1.165) is 0 Å². The third-order valence-electron chi connectivity index (χ3n) is 1.71. The molecule has 2 aliphatic carbocycles. The minimum Gasteiger partial charge on any atom is -0.0732 e. The van der Waals surface area contributed by atoms with Crippen LogP contribution in [0.1, 0.15) is 0 Å². The molecule has 2 rings (SSSR count). The molecule has 0 nitrogen and oxygen atoms in total. The van der Waals surface area contributed by atoms with E-state index in [1.54, 1.807) is 0 Å². The van der Waals surface area contributed by atoms with E-state index in [1.807, 2.05) is 0 Å². The maximum atomic E-state index is 2.20. The van der Waals surface area contributed by atoms with Crippen LogP contribution in [0, 0.1) is 5.92 Å². The van der Waals surface area contributed by atoms with Gasteiger partial charge in [0.25, 0.3) is 0 Å². The number of rotatable bonds is 1. The summed E-state index contributed by atoms with van der Waals surface area (Å²) in [6.45, 7) is 0. The minimum absolute atomic E-state index is 0.579. The largest absolute Gasteiger partial charge is 0.0732 e. The van der Waals surface area contributed by atoms with Crippen LogP contribution in [0.15, 0.2) is 48.1 Å². The standard InChI is InChI=1S/C9H8/c1-2-5-8(4-1)9-6-3-7-9/h1-8H. The average Bonchev–Trinajstić information content (AvgIpc) is 2.11. The second-order valence-electron chi connectivity index (χ2n) is 2.32. The molecule has 0 heteroatoms. The normalized spacial score (nSPS) is 22.4. The van der Waals surface area contributed by atoms with Gasteiger partial charge in [0.05, 0.1) is 0 Å². The number of hydrogen-bond donors (Lipinski definition) is 0. The third kappa shape index (κ3) is 0.672. The summed E-state index contributed by atoms with van der Waals surface area (Å²) < 4.78 is 0. The fourth-order valence-electron chi connectivity index (χ4n) is 1.08. The van der Waals surface area contributed by atoms with Gasteiger partial charge in [-0.15, -0.1) is 0 Å². The lowest BCUT2D eigenvalue weighted by Gasteiger charge is -2.10. The maximum absolute atomic E-state index is 2.20. The van der Waals surface area contributed by atoms with Crippen LogP contribution in [0.25, 0.3) is 0 Å². The predicted molar refractivity (Wildman–Crippen MR) is 39.0 cm³/mol. The van der Waals surface area contributed by atoms with Gasteiger partial charge in [0.15, 0.2) is 0 Å². The minimum atomic E-state index is 0.579. The van der Waals surface area contributed by atoms with Gasteiger partial charge in [0.1, 0.15) is 0 Å². The molecule has 0 unspecified atom stereocenters. The molecule has 0 saturated carbocycles. The van der Waals surface area contributed by atoms with E-state index in [0.29, 0.717) is 5.92 Å². The summed E-state index contributed by atoms with van der Waals surface area (Å²) >= 11 is 0. The van der Waals surface area contributed by atoms with Crippen LogP contribution >= 0.6 is 0 Å². The SMILES string of the molecule is C1=CC(C2C=CC=C2)=C1. The highest BCUT2D eigenvalue weighted by atomic mass is 14.1. The van der Waals surface area contributed by atoms with Crippen LogP contribution in [0.2, 0.25) is 0 Å². The van der Waals surface area contributed by atoms with Gasteiger partial charge >= 0.3 is 0 Å². The van der Waals surface area contributed by atoms with Crippen LogP contribution in [0.3, 0.4) is 0 Å². The number of allylic oxidation sites excluding steroid dienone is 8. The second-order valence-corrected chi connectivity index (χ2v) is 2.32. The Morgan fingerprint density at radius 2 is 1.67 bits per heavy atom. The Kier molecular flexibility index (Phi) is 0.922. The fourth-order valence-corrected chi connectivity index (χ4v) is 1.08. The summed E-state index contributed by atoms with van der Waals surface area (Å²) in [6.07, 6.45) is 15.0. The summed E-state index contributed by atoms with van der Waals surface area (Å²) in [7, 11) is 0. The Hall–Kier alpha value is -1.04. The molecule has 0 saturated heterocycles. The van der Waals surface area contributed by atoms with E-state index in [-0.39, 0.29) is 0 Å². The van der Waals surface area contributed by atoms with E-state index in [1.165, 1.54) is 5.57 Å². The van der Waals surface area contributed by atoms with Gasteiger partial charge in [0, 0.05) is 5.92 Å². The molecule has 0 fully saturated rings. The predicted octanol–water partition coefficient (Wildman–Crippen LogP) is 2.22. The highest BCUT2D eigenvalue weighted by molar-refractivity contribution is 5.43. The molecule has 0 atom stereocenters. The zero-order valence-corrected chi connectivity index (χ0v) is 5.12. The summed E-state index contributed by atoms with van der Waals surface area (Å²) in [6, 6.07) is 0. The smallest absolute Gasteiger partial charge is 0.0204 e. The zero-order valence-electron chi connectivity index (χ0n) is 5.12. The van der Waals surface area contributed by atoms with Crippen molar-refractivity contribution in [2.75, 3.05) is 0 Å². The van der Waals surface area contributed by atoms with Crippen molar-refractivity contribution in [3.63, 3.8) is 0 Å². The summed E-state index contributed by atoms with van der Waals surface area (Å²) in [5.74, 6) is 0.579. The lowest BCUT2D eigenvalue weighted by molar-refractivity contribution is 1.01. The van der Waals surface area contributed by atoms with E-state index in [9.17, 15) is 0 Å². The van der Waals surface area contributed by atoms with Gasteiger partial charge < -0.3 is 0 Å². The van der Waals surface area contributed by atoms with Gasteiger partial charge in [-0.1, -0.05) is 42.5 Å². The Balaban J connectivity index is 2.15. The first-order valence-corrected chi connectivity index (χ1v) is 3.20. The summed E-state index contributed by atoms with van der Waals surface area (Å²) in [5.41, 5.74) is 1.43. The van der Waals surface area contributed by atoms with Crippen LogP contribution < -0.4 is 0 Å². The summed E-state index contributed by atoms with van der Waals surface area (Å²) in [4.78, 5) is 0. The molecule has 0 radical (unpaired) electrons. The van der Waals surface area contributed by atoms with Crippen molar-refractivity contribution in [1.82, 2.24) is 0 Å². The molecule has 0 aliphatic heterocycles. The molecule has 2 aliphatic rings. The highest BCUT2D eigenvalue weighted by Gasteiger charge is 2.09. The molecule has 0 aromatic carbocycles. The first-order chi connectivity index (χ1) is 4.47. The Labute approximate surface area is 54.9 Å². The van der Waals surface area contributed by atoms with Gasteiger partial charge in [-0.25, -0.2) is 0 Å². The van der Waals surface area contributed by atoms with Gasteiger partial charge in [-0.2, -0.15) is 0 Å². The molecule has 9 heavy (non-hydrogen) atoms. The average molecular weight is 116 g/mol. The topological polar surface area (TPSA) is 0 Å². The van der Waals surface area contributed by atoms with Crippen molar-refractivity contribution in [3.8, 4) is 0 Å².